The highest BCUT2D eigenvalue weighted by atomic mass is 32.2. The number of thioether (sulfide) groups is 1. The molecule has 0 N–H and O–H groups in total. The van der Waals surface area contributed by atoms with Gasteiger partial charge in [-0.3, -0.25) is 0 Å². The second kappa shape index (κ2) is 7.22. The first kappa shape index (κ1) is 14.8. The zero-order valence-electron chi connectivity index (χ0n) is 12.4. The van der Waals surface area contributed by atoms with Crippen molar-refractivity contribution >= 4 is 11.8 Å². The summed E-state index contributed by atoms with van der Waals surface area (Å²) in [6.07, 6.45) is 7.13. The van der Waals surface area contributed by atoms with E-state index in [9.17, 15) is 0 Å². The van der Waals surface area contributed by atoms with Gasteiger partial charge in [-0.2, -0.15) is 5.10 Å². The third-order valence-electron chi connectivity index (χ3n) is 3.42. The quantitative estimate of drug-likeness (QED) is 0.628. The van der Waals surface area contributed by atoms with Gasteiger partial charge in [-0.05, 0) is 18.6 Å². The van der Waals surface area contributed by atoms with Crippen LogP contribution in [0.5, 0.6) is 0 Å². The van der Waals surface area contributed by atoms with Crippen LogP contribution in [-0.4, -0.2) is 29.8 Å². The van der Waals surface area contributed by atoms with Crippen molar-refractivity contribution < 1.29 is 0 Å². The molecule has 0 saturated heterocycles. The molecule has 22 heavy (non-hydrogen) atoms. The van der Waals surface area contributed by atoms with E-state index in [0.29, 0.717) is 0 Å². The fourth-order valence-electron chi connectivity index (χ4n) is 2.22. The fourth-order valence-corrected chi connectivity index (χ4v) is 2.98. The molecule has 2 heterocycles. The number of hydrogen-bond acceptors (Lipinski definition) is 5. The van der Waals surface area contributed by atoms with Crippen LogP contribution in [0, 0.1) is 0 Å². The maximum Gasteiger partial charge on any atom is 0.137 e. The third kappa shape index (κ3) is 3.73. The molecule has 3 rings (SSSR count). The minimum Gasteiger partial charge on any atom is -0.250 e. The lowest BCUT2D eigenvalue weighted by Gasteiger charge is -2.12. The summed E-state index contributed by atoms with van der Waals surface area (Å²) in [5.41, 5.74) is 0.982. The van der Waals surface area contributed by atoms with E-state index in [0.717, 1.165) is 24.4 Å². The third-order valence-corrected chi connectivity index (χ3v) is 4.42. The van der Waals surface area contributed by atoms with Gasteiger partial charge in [0.05, 0.1) is 17.6 Å². The number of hydrogen-bond donors (Lipinski definition) is 0. The van der Waals surface area contributed by atoms with Crippen molar-refractivity contribution in [1.82, 2.24) is 29.8 Å². The molecule has 0 saturated carbocycles. The summed E-state index contributed by atoms with van der Waals surface area (Å²) in [5, 5.41) is 12.7. The number of aromatic nitrogens is 6. The monoisotopic (exact) mass is 314 g/mol. The maximum absolute atomic E-state index is 4.26. The van der Waals surface area contributed by atoms with Crippen LogP contribution in [0.15, 0.2) is 54.1 Å². The van der Waals surface area contributed by atoms with E-state index >= 15 is 0 Å². The van der Waals surface area contributed by atoms with Crippen LogP contribution >= 0.6 is 11.8 Å². The van der Waals surface area contributed by atoms with Crippen molar-refractivity contribution in [2.45, 2.75) is 36.6 Å². The molecule has 0 aliphatic rings. The average Bonchev–Trinajstić information content (AvgIpc) is 3.23. The van der Waals surface area contributed by atoms with Crippen LogP contribution in [-0.2, 0) is 12.3 Å². The Balaban J connectivity index is 1.59. The van der Waals surface area contributed by atoms with Crippen LogP contribution < -0.4 is 0 Å². The summed E-state index contributed by atoms with van der Waals surface area (Å²) in [6, 6.07) is 10.6. The Kier molecular flexibility index (Phi) is 4.85. The fraction of sp³-hybridized carbons (Fsp3) is 0.333. The largest absolute Gasteiger partial charge is 0.250 e. The second-order valence-electron chi connectivity index (χ2n) is 4.98. The van der Waals surface area contributed by atoms with E-state index in [-0.39, 0.29) is 6.04 Å². The molecule has 1 atom stereocenters. The van der Waals surface area contributed by atoms with Gasteiger partial charge in [-0.1, -0.05) is 30.3 Å². The smallest absolute Gasteiger partial charge is 0.137 e. The lowest BCUT2D eigenvalue weighted by molar-refractivity contribution is 0.433. The summed E-state index contributed by atoms with van der Waals surface area (Å²) in [7, 11) is 0. The molecule has 7 heteroatoms. The van der Waals surface area contributed by atoms with E-state index in [4.69, 9.17) is 0 Å². The predicted octanol–water partition coefficient (Wildman–Crippen LogP) is 2.81. The number of nitrogens with zero attached hydrogens (tertiary/aromatic N) is 6. The highest BCUT2D eigenvalue weighted by molar-refractivity contribution is 7.98. The van der Waals surface area contributed by atoms with E-state index in [1.54, 1.807) is 24.4 Å². The van der Waals surface area contributed by atoms with Gasteiger partial charge in [-0.25, -0.2) is 14.3 Å². The minimum atomic E-state index is 0.273. The van der Waals surface area contributed by atoms with Gasteiger partial charge in [0.2, 0.25) is 0 Å². The molecule has 0 aliphatic heterocycles. The minimum absolute atomic E-state index is 0.273. The number of rotatable bonds is 7. The van der Waals surface area contributed by atoms with Gasteiger partial charge in [-0.15, -0.1) is 16.9 Å². The van der Waals surface area contributed by atoms with E-state index in [1.165, 1.54) is 4.90 Å². The molecule has 0 bridgehead atoms. The summed E-state index contributed by atoms with van der Waals surface area (Å²) in [4.78, 5) is 5.24. The Morgan fingerprint density at radius 1 is 1.23 bits per heavy atom. The van der Waals surface area contributed by atoms with Crippen LogP contribution in [0.3, 0.4) is 0 Å². The molecule has 0 fully saturated rings. The molecule has 2 aromatic heterocycles. The van der Waals surface area contributed by atoms with Gasteiger partial charge in [0, 0.05) is 17.5 Å². The topological polar surface area (TPSA) is 61.4 Å². The summed E-state index contributed by atoms with van der Waals surface area (Å²) in [5.74, 6) is 0.761. The molecule has 0 aliphatic carbocycles. The highest BCUT2D eigenvalue weighted by Crippen LogP contribution is 2.19. The van der Waals surface area contributed by atoms with Crippen molar-refractivity contribution in [3.63, 3.8) is 0 Å². The highest BCUT2D eigenvalue weighted by Gasteiger charge is 2.12. The maximum atomic E-state index is 4.26. The van der Waals surface area contributed by atoms with Crippen molar-refractivity contribution in [2.24, 2.45) is 0 Å². The Morgan fingerprint density at radius 2 is 2.09 bits per heavy atom. The first-order chi connectivity index (χ1) is 10.8. The SMILES string of the molecule is CC[C@H](Cc1cn(CSc2ccccc2)nn1)n1cncn1. The molecule has 6 nitrogen and oxygen atoms in total. The Morgan fingerprint density at radius 3 is 2.82 bits per heavy atom. The van der Waals surface area contributed by atoms with E-state index < -0.39 is 0 Å². The summed E-state index contributed by atoms with van der Waals surface area (Å²) >= 11 is 1.74. The Labute approximate surface area is 133 Å². The van der Waals surface area contributed by atoms with Crippen LogP contribution in [0.1, 0.15) is 25.1 Å². The van der Waals surface area contributed by atoms with E-state index in [1.807, 2.05) is 33.8 Å². The molecule has 0 radical (unpaired) electrons. The molecular weight excluding hydrogens is 296 g/mol. The lowest BCUT2D eigenvalue weighted by Crippen LogP contribution is -2.11. The molecule has 0 amide bonds. The van der Waals surface area contributed by atoms with Crippen LogP contribution in [0.2, 0.25) is 0 Å². The summed E-state index contributed by atoms with van der Waals surface area (Å²) < 4.78 is 3.76. The standard InChI is InChI=1S/C15H18N6S/c1-2-14(21-11-16-10-17-21)8-13-9-20(19-18-13)12-22-15-6-4-3-5-7-15/h3-7,9-11,14H,2,8,12H2,1H3/t14-/m1/s1. The van der Waals surface area contributed by atoms with Gasteiger partial charge in [0.15, 0.2) is 0 Å². The summed E-state index contributed by atoms with van der Waals surface area (Å²) in [6.45, 7) is 2.14. The Hall–Kier alpha value is -2.15. The molecule has 3 aromatic rings. The van der Waals surface area contributed by atoms with Gasteiger partial charge < -0.3 is 0 Å². The normalized spacial score (nSPS) is 12.4. The van der Waals surface area contributed by atoms with E-state index in [2.05, 4.69) is 39.5 Å². The zero-order valence-corrected chi connectivity index (χ0v) is 13.2. The average molecular weight is 314 g/mol. The zero-order chi connectivity index (χ0) is 15.2. The first-order valence-electron chi connectivity index (χ1n) is 7.26. The predicted molar refractivity (Wildman–Crippen MR) is 85.4 cm³/mol. The van der Waals surface area contributed by atoms with Crippen molar-refractivity contribution in [1.29, 1.82) is 0 Å². The van der Waals surface area contributed by atoms with Gasteiger partial charge >= 0.3 is 0 Å². The van der Waals surface area contributed by atoms with Gasteiger partial charge in [0.25, 0.3) is 0 Å². The second-order valence-corrected chi connectivity index (χ2v) is 6.00. The van der Waals surface area contributed by atoms with Gasteiger partial charge in [0.1, 0.15) is 12.7 Å². The van der Waals surface area contributed by atoms with Crippen molar-refractivity contribution in [2.75, 3.05) is 0 Å². The number of benzene rings is 1. The first-order valence-corrected chi connectivity index (χ1v) is 8.24. The van der Waals surface area contributed by atoms with Crippen molar-refractivity contribution in [3.05, 3.63) is 54.9 Å². The lowest BCUT2D eigenvalue weighted by atomic mass is 10.1. The molecule has 114 valence electrons. The van der Waals surface area contributed by atoms with Crippen LogP contribution in [0.4, 0.5) is 0 Å². The molecule has 0 spiro atoms. The Bertz CT molecular complexity index is 679. The van der Waals surface area contributed by atoms with Crippen molar-refractivity contribution in [3.8, 4) is 0 Å². The van der Waals surface area contributed by atoms with Crippen LogP contribution in [0.25, 0.3) is 0 Å². The molecule has 1 aromatic carbocycles. The molecule has 0 unspecified atom stereocenters. The molecular formula is C15H18N6S.